The zero-order valence-electron chi connectivity index (χ0n) is 15.2. The molecule has 0 aliphatic heterocycles. The maximum atomic E-state index is 11.9. The van der Waals surface area contributed by atoms with Crippen LogP contribution >= 0.6 is 0 Å². The Labute approximate surface area is 140 Å². The lowest BCUT2D eigenvalue weighted by molar-refractivity contribution is -0.140. The number of carbonyl (C=O) groups excluding carboxylic acids is 2. The molecule has 0 aromatic heterocycles. The third-order valence-electron chi connectivity index (χ3n) is 3.70. The van der Waals surface area contributed by atoms with Crippen molar-refractivity contribution >= 4 is 11.9 Å². The van der Waals surface area contributed by atoms with E-state index in [1.807, 2.05) is 6.92 Å². The van der Waals surface area contributed by atoms with Gasteiger partial charge in [0.05, 0.1) is 18.8 Å². The summed E-state index contributed by atoms with van der Waals surface area (Å²) in [7, 11) is 0. The summed E-state index contributed by atoms with van der Waals surface area (Å²) in [5.74, 6) is -0.502. The van der Waals surface area contributed by atoms with Crippen LogP contribution in [0.4, 0.5) is 0 Å². The smallest absolute Gasteiger partial charge is 0.337 e. The first kappa shape index (κ1) is 21.4. The predicted molar refractivity (Wildman–Crippen MR) is 93.0 cm³/mol. The van der Waals surface area contributed by atoms with Gasteiger partial charge in [-0.15, -0.1) is 0 Å². The maximum absolute atomic E-state index is 11.9. The van der Waals surface area contributed by atoms with Gasteiger partial charge in [-0.05, 0) is 31.8 Å². The first-order chi connectivity index (χ1) is 11.0. The van der Waals surface area contributed by atoms with Gasteiger partial charge < -0.3 is 9.47 Å². The van der Waals surface area contributed by atoms with Crippen molar-refractivity contribution in [2.45, 2.75) is 66.2 Å². The van der Waals surface area contributed by atoms with Gasteiger partial charge in [0.25, 0.3) is 0 Å². The van der Waals surface area contributed by atoms with Gasteiger partial charge in [-0.25, -0.2) is 9.59 Å². The number of hydrogen-bond acceptors (Lipinski definition) is 4. The number of unbranched alkanes of at least 4 members (excludes halogenated alkanes) is 2. The number of carbonyl (C=O) groups is 2. The molecule has 0 heterocycles. The molecular weight excluding hydrogens is 292 g/mol. The highest BCUT2D eigenvalue weighted by molar-refractivity contribution is 5.95. The van der Waals surface area contributed by atoms with Crippen molar-refractivity contribution < 1.29 is 19.1 Å². The van der Waals surface area contributed by atoms with Gasteiger partial charge in [-0.1, -0.05) is 53.0 Å². The van der Waals surface area contributed by atoms with Gasteiger partial charge in [-0.3, -0.25) is 0 Å². The number of hydrogen-bond donors (Lipinski definition) is 0. The Balaban J connectivity index is 4.33. The topological polar surface area (TPSA) is 52.6 Å². The minimum absolute atomic E-state index is 0.181. The van der Waals surface area contributed by atoms with E-state index in [0.717, 1.165) is 38.5 Å². The molecule has 0 amide bonds. The van der Waals surface area contributed by atoms with Crippen LogP contribution in [0.3, 0.4) is 0 Å². The minimum Gasteiger partial charge on any atom is -0.462 e. The molecule has 0 radical (unpaired) electrons. The molecule has 4 heteroatoms. The summed E-state index contributed by atoms with van der Waals surface area (Å²) < 4.78 is 10.4. The minimum atomic E-state index is -0.472. The fourth-order valence-corrected chi connectivity index (χ4v) is 1.99. The molecule has 0 spiro atoms. The van der Waals surface area contributed by atoms with E-state index >= 15 is 0 Å². The summed E-state index contributed by atoms with van der Waals surface area (Å²) in [5.41, 5.74) is 0.543. The summed E-state index contributed by atoms with van der Waals surface area (Å²) >= 11 is 0. The van der Waals surface area contributed by atoms with E-state index < -0.39 is 11.9 Å². The Morgan fingerprint density at radius 2 is 1.70 bits per heavy atom. The van der Waals surface area contributed by atoms with Gasteiger partial charge in [0, 0.05) is 5.57 Å². The molecule has 0 aliphatic carbocycles. The molecule has 0 aliphatic rings. The molecule has 1 atom stereocenters. The van der Waals surface area contributed by atoms with Crippen LogP contribution in [0.1, 0.15) is 66.2 Å². The zero-order valence-corrected chi connectivity index (χ0v) is 15.2. The Kier molecular flexibility index (Phi) is 12.0. The fourth-order valence-electron chi connectivity index (χ4n) is 1.99. The van der Waals surface area contributed by atoms with Crippen molar-refractivity contribution in [3.63, 3.8) is 0 Å². The van der Waals surface area contributed by atoms with Gasteiger partial charge in [0.1, 0.15) is 0 Å². The summed E-state index contributed by atoms with van der Waals surface area (Å²) in [5, 5.41) is 0. The lowest BCUT2D eigenvalue weighted by Gasteiger charge is -2.14. The molecule has 1 unspecified atom stereocenters. The van der Waals surface area contributed by atoms with E-state index in [1.54, 1.807) is 6.92 Å². The Bertz CT molecular complexity index is 410. The average Bonchev–Trinajstić information content (AvgIpc) is 2.54. The summed E-state index contributed by atoms with van der Waals surface area (Å²) in [6.07, 6.45) is 7.55. The average molecular weight is 324 g/mol. The van der Waals surface area contributed by atoms with E-state index in [-0.39, 0.29) is 5.57 Å². The highest BCUT2D eigenvalue weighted by Crippen LogP contribution is 2.14. The summed E-state index contributed by atoms with van der Waals surface area (Å²) in [6, 6.07) is 0. The number of rotatable bonds is 12. The Hall–Kier alpha value is -1.58. The van der Waals surface area contributed by atoms with E-state index in [0.29, 0.717) is 24.7 Å². The second-order valence-corrected chi connectivity index (χ2v) is 5.86. The normalized spacial score (nSPS) is 12.6. The monoisotopic (exact) mass is 324 g/mol. The largest absolute Gasteiger partial charge is 0.462 e. The van der Waals surface area contributed by atoms with Crippen LogP contribution in [-0.2, 0) is 19.1 Å². The van der Waals surface area contributed by atoms with Crippen LogP contribution in [0.5, 0.6) is 0 Å². The van der Waals surface area contributed by atoms with Crippen LogP contribution in [-0.4, -0.2) is 25.2 Å². The molecule has 23 heavy (non-hydrogen) atoms. The SMILES string of the molecule is C=C(/C=C(\C)C(=O)OCCCC)C(=O)OCC(CC)CCCC. The molecule has 0 rings (SSSR count). The van der Waals surface area contributed by atoms with Crippen molar-refractivity contribution in [2.24, 2.45) is 5.92 Å². The third-order valence-corrected chi connectivity index (χ3v) is 3.70. The van der Waals surface area contributed by atoms with E-state index in [2.05, 4.69) is 20.4 Å². The molecular formula is C19H32O4. The maximum Gasteiger partial charge on any atom is 0.337 e. The van der Waals surface area contributed by atoms with Gasteiger partial charge in [0.15, 0.2) is 0 Å². The second kappa shape index (κ2) is 12.9. The highest BCUT2D eigenvalue weighted by Gasteiger charge is 2.13. The molecule has 0 N–H and O–H groups in total. The van der Waals surface area contributed by atoms with Crippen molar-refractivity contribution in [1.82, 2.24) is 0 Å². The third kappa shape index (κ3) is 9.93. The lowest BCUT2D eigenvalue weighted by Crippen LogP contribution is -2.15. The molecule has 0 aromatic rings. The van der Waals surface area contributed by atoms with Crippen LogP contribution in [0, 0.1) is 5.92 Å². The molecule has 132 valence electrons. The van der Waals surface area contributed by atoms with E-state index in [4.69, 9.17) is 9.47 Å². The highest BCUT2D eigenvalue weighted by atomic mass is 16.5. The lowest BCUT2D eigenvalue weighted by atomic mass is 10.0. The van der Waals surface area contributed by atoms with Crippen LogP contribution < -0.4 is 0 Å². The second-order valence-electron chi connectivity index (χ2n) is 5.86. The summed E-state index contributed by atoms with van der Waals surface area (Å²) in [4.78, 5) is 23.7. The summed E-state index contributed by atoms with van der Waals surface area (Å²) in [6.45, 7) is 12.4. The predicted octanol–water partition coefficient (Wildman–Crippen LogP) is 4.59. The Morgan fingerprint density at radius 1 is 1.04 bits per heavy atom. The van der Waals surface area contributed by atoms with Crippen molar-refractivity contribution in [3.8, 4) is 0 Å². The van der Waals surface area contributed by atoms with Crippen LogP contribution in [0.2, 0.25) is 0 Å². The van der Waals surface area contributed by atoms with Crippen molar-refractivity contribution in [3.05, 3.63) is 23.8 Å². The molecule has 4 nitrogen and oxygen atoms in total. The quantitative estimate of drug-likeness (QED) is 0.228. The number of ether oxygens (including phenoxy) is 2. The van der Waals surface area contributed by atoms with E-state index in [1.165, 1.54) is 6.08 Å². The Morgan fingerprint density at radius 3 is 2.26 bits per heavy atom. The van der Waals surface area contributed by atoms with Crippen molar-refractivity contribution in [1.29, 1.82) is 0 Å². The first-order valence-electron chi connectivity index (χ1n) is 8.67. The molecule has 0 fully saturated rings. The molecule has 0 bridgehead atoms. The molecule has 0 saturated heterocycles. The molecule has 0 aromatic carbocycles. The zero-order chi connectivity index (χ0) is 17.7. The van der Waals surface area contributed by atoms with Crippen LogP contribution in [0.15, 0.2) is 23.8 Å². The first-order valence-corrected chi connectivity index (χ1v) is 8.67. The standard InChI is InChI=1S/C19H32O4/c1-6-9-11-17(8-3)14-23-19(21)16(5)13-15(4)18(20)22-12-10-7-2/h13,17H,5-12,14H2,1-4H3/b15-13+. The van der Waals surface area contributed by atoms with Gasteiger partial charge in [-0.2, -0.15) is 0 Å². The molecule has 0 saturated carbocycles. The van der Waals surface area contributed by atoms with Crippen LogP contribution in [0.25, 0.3) is 0 Å². The number of esters is 2. The van der Waals surface area contributed by atoms with E-state index in [9.17, 15) is 9.59 Å². The van der Waals surface area contributed by atoms with Crippen molar-refractivity contribution in [2.75, 3.05) is 13.2 Å². The fraction of sp³-hybridized carbons (Fsp3) is 0.684. The van der Waals surface area contributed by atoms with Gasteiger partial charge >= 0.3 is 11.9 Å². The van der Waals surface area contributed by atoms with Gasteiger partial charge in [0.2, 0.25) is 0 Å².